The van der Waals surface area contributed by atoms with Gasteiger partial charge < -0.3 is 5.32 Å². The Morgan fingerprint density at radius 2 is 1.91 bits per heavy atom. The lowest BCUT2D eigenvalue weighted by molar-refractivity contribution is 0.511. The van der Waals surface area contributed by atoms with Crippen molar-refractivity contribution in [2.75, 3.05) is 13.3 Å². The first kappa shape index (κ1) is 9.40. The second kappa shape index (κ2) is 5.04. The van der Waals surface area contributed by atoms with Gasteiger partial charge >= 0.3 is 0 Å². The predicted octanol–water partition coefficient (Wildman–Crippen LogP) is 2.27. The molecule has 1 saturated carbocycles. The number of rotatable bonds is 2. The Balaban J connectivity index is 2.41. The highest BCUT2D eigenvalue weighted by atomic mass is 32.2. The molecule has 0 saturated heterocycles. The summed E-state index contributed by atoms with van der Waals surface area (Å²) >= 11 is 2.03. The molecule has 1 nitrogen and oxygen atoms in total. The molecule has 0 aliphatic heterocycles. The molecule has 2 heteroatoms. The lowest BCUT2D eigenvalue weighted by atomic mass is 10.1. The van der Waals surface area contributed by atoms with Crippen molar-refractivity contribution in [3.05, 3.63) is 0 Å². The minimum absolute atomic E-state index is 0.771. The van der Waals surface area contributed by atoms with Gasteiger partial charge in [0.15, 0.2) is 0 Å². The van der Waals surface area contributed by atoms with Gasteiger partial charge in [0, 0.05) is 11.3 Å². The van der Waals surface area contributed by atoms with Gasteiger partial charge in [-0.25, -0.2) is 0 Å². The molecule has 11 heavy (non-hydrogen) atoms. The van der Waals surface area contributed by atoms with E-state index in [9.17, 15) is 0 Å². The summed E-state index contributed by atoms with van der Waals surface area (Å²) in [5.41, 5.74) is 0. The Labute approximate surface area is 74.3 Å². The molecule has 0 aromatic rings. The van der Waals surface area contributed by atoms with Crippen molar-refractivity contribution in [2.45, 2.75) is 43.4 Å². The molecule has 0 spiro atoms. The van der Waals surface area contributed by atoms with E-state index in [4.69, 9.17) is 0 Å². The van der Waals surface area contributed by atoms with Crippen LogP contribution < -0.4 is 5.32 Å². The average molecular weight is 173 g/mol. The fraction of sp³-hybridized carbons (Fsp3) is 1.00. The molecular formula is C9H19NS. The fourth-order valence-corrected chi connectivity index (χ4v) is 2.89. The van der Waals surface area contributed by atoms with Crippen molar-refractivity contribution >= 4 is 11.8 Å². The topological polar surface area (TPSA) is 12.0 Å². The van der Waals surface area contributed by atoms with E-state index in [0.717, 1.165) is 11.3 Å². The van der Waals surface area contributed by atoms with Crippen LogP contribution in [-0.2, 0) is 0 Å². The van der Waals surface area contributed by atoms with Crippen LogP contribution in [0.1, 0.15) is 32.1 Å². The Morgan fingerprint density at radius 3 is 2.55 bits per heavy atom. The van der Waals surface area contributed by atoms with Crippen LogP contribution >= 0.6 is 11.8 Å². The number of thioether (sulfide) groups is 1. The van der Waals surface area contributed by atoms with Gasteiger partial charge in [-0.1, -0.05) is 19.3 Å². The Morgan fingerprint density at radius 1 is 1.18 bits per heavy atom. The third-order valence-corrected chi connectivity index (χ3v) is 3.80. The van der Waals surface area contributed by atoms with Crippen molar-refractivity contribution in [1.82, 2.24) is 5.32 Å². The van der Waals surface area contributed by atoms with Crippen molar-refractivity contribution in [3.63, 3.8) is 0 Å². The largest absolute Gasteiger partial charge is 0.316 e. The smallest absolute Gasteiger partial charge is 0.0198 e. The molecule has 2 unspecified atom stereocenters. The van der Waals surface area contributed by atoms with Crippen molar-refractivity contribution < 1.29 is 0 Å². The van der Waals surface area contributed by atoms with E-state index in [1.54, 1.807) is 0 Å². The molecule has 1 fully saturated rings. The molecule has 2 atom stereocenters. The van der Waals surface area contributed by atoms with Crippen LogP contribution in [0.5, 0.6) is 0 Å². The maximum Gasteiger partial charge on any atom is 0.0198 e. The van der Waals surface area contributed by atoms with Crippen molar-refractivity contribution in [1.29, 1.82) is 0 Å². The Bertz CT molecular complexity index is 93.7. The summed E-state index contributed by atoms with van der Waals surface area (Å²) in [7, 11) is 2.10. The van der Waals surface area contributed by atoms with E-state index in [1.807, 2.05) is 11.8 Å². The van der Waals surface area contributed by atoms with E-state index in [-0.39, 0.29) is 0 Å². The minimum Gasteiger partial charge on any atom is -0.316 e. The molecule has 0 heterocycles. The van der Waals surface area contributed by atoms with E-state index < -0.39 is 0 Å². The van der Waals surface area contributed by atoms with Gasteiger partial charge in [-0.05, 0) is 26.1 Å². The van der Waals surface area contributed by atoms with Crippen LogP contribution in [0.2, 0.25) is 0 Å². The first-order chi connectivity index (χ1) is 5.38. The van der Waals surface area contributed by atoms with Crippen LogP contribution in [0.4, 0.5) is 0 Å². The molecule has 0 aromatic carbocycles. The third kappa shape index (κ3) is 2.68. The molecule has 0 amide bonds. The SMILES string of the molecule is CNC1CCCCCC1SC. The van der Waals surface area contributed by atoms with Crippen LogP contribution in [0.3, 0.4) is 0 Å². The van der Waals surface area contributed by atoms with Crippen LogP contribution in [0.25, 0.3) is 0 Å². The standard InChI is InChI=1S/C9H19NS/c1-10-8-6-4-3-5-7-9(8)11-2/h8-10H,3-7H2,1-2H3. The molecule has 66 valence electrons. The summed E-state index contributed by atoms with van der Waals surface area (Å²) in [6.07, 6.45) is 9.32. The summed E-state index contributed by atoms with van der Waals surface area (Å²) in [6, 6.07) is 0.771. The average Bonchev–Trinajstić information content (AvgIpc) is 2.27. The van der Waals surface area contributed by atoms with Crippen LogP contribution in [0, 0.1) is 0 Å². The highest BCUT2D eigenvalue weighted by Gasteiger charge is 2.20. The van der Waals surface area contributed by atoms with Gasteiger partial charge in [0.1, 0.15) is 0 Å². The molecule has 1 aliphatic rings. The lowest BCUT2D eigenvalue weighted by Gasteiger charge is -2.22. The highest BCUT2D eigenvalue weighted by molar-refractivity contribution is 7.99. The number of hydrogen-bond donors (Lipinski definition) is 1. The maximum atomic E-state index is 3.42. The summed E-state index contributed by atoms with van der Waals surface area (Å²) in [5, 5.41) is 4.29. The molecule has 1 rings (SSSR count). The number of nitrogens with one attached hydrogen (secondary N) is 1. The predicted molar refractivity (Wildman–Crippen MR) is 53.2 cm³/mol. The van der Waals surface area contributed by atoms with Crippen molar-refractivity contribution in [2.24, 2.45) is 0 Å². The third-order valence-electron chi connectivity index (χ3n) is 2.63. The number of hydrogen-bond acceptors (Lipinski definition) is 2. The zero-order valence-corrected chi connectivity index (χ0v) is 8.41. The van der Waals surface area contributed by atoms with Gasteiger partial charge in [-0.3, -0.25) is 0 Å². The normalized spacial score (nSPS) is 33.3. The summed E-state index contributed by atoms with van der Waals surface area (Å²) in [4.78, 5) is 0. The maximum absolute atomic E-state index is 3.42. The lowest BCUT2D eigenvalue weighted by Crippen LogP contribution is -2.34. The highest BCUT2D eigenvalue weighted by Crippen LogP contribution is 2.25. The second-order valence-corrected chi connectivity index (χ2v) is 4.38. The van der Waals surface area contributed by atoms with Crippen LogP contribution in [-0.4, -0.2) is 24.6 Å². The molecule has 1 N–H and O–H groups in total. The Hall–Kier alpha value is 0.310. The minimum atomic E-state index is 0.771. The molecule has 1 aliphatic carbocycles. The van der Waals surface area contributed by atoms with Gasteiger partial charge in [-0.15, -0.1) is 0 Å². The first-order valence-corrected chi connectivity index (χ1v) is 5.87. The van der Waals surface area contributed by atoms with E-state index >= 15 is 0 Å². The summed E-state index contributed by atoms with van der Waals surface area (Å²) < 4.78 is 0. The van der Waals surface area contributed by atoms with Gasteiger partial charge in [0.25, 0.3) is 0 Å². The second-order valence-electron chi connectivity index (χ2n) is 3.31. The molecule has 0 bridgehead atoms. The monoisotopic (exact) mass is 173 g/mol. The zero-order valence-electron chi connectivity index (χ0n) is 7.60. The fourth-order valence-electron chi connectivity index (χ4n) is 1.89. The first-order valence-electron chi connectivity index (χ1n) is 4.58. The Kier molecular flexibility index (Phi) is 4.31. The summed E-state index contributed by atoms with van der Waals surface area (Å²) in [6.45, 7) is 0. The zero-order chi connectivity index (χ0) is 8.10. The van der Waals surface area contributed by atoms with E-state index in [1.165, 1.54) is 32.1 Å². The van der Waals surface area contributed by atoms with E-state index in [0.29, 0.717) is 0 Å². The molecule has 0 aromatic heterocycles. The van der Waals surface area contributed by atoms with Gasteiger partial charge in [-0.2, -0.15) is 11.8 Å². The molecular weight excluding hydrogens is 154 g/mol. The van der Waals surface area contributed by atoms with Gasteiger partial charge in [0.05, 0.1) is 0 Å². The summed E-state index contributed by atoms with van der Waals surface area (Å²) in [5.74, 6) is 0. The van der Waals surface area contributed by atoms with E-state index in [2.05, 4.69) is 18.6 Å². The quantitative estimate of drug-likeness (QED) is 0.643. The van der Waals surface area contributed by atoms with Gasteiger partial charge in [0.2, 0.25) is 0 Å². The van der Waals surface area contributed by atoms with Crippen molar-refractivity contribution in [3.8, 4) is 0 Å². The van der Waals surface area contributed by atoms with Crippen LogP contribution in [0.15, 0.2) is 0 Å². The molecule has 0 radical (unpaired) electrons.